The van der Waals surface area contributed by atoms with E-state index in [4.69, 9.17) is 4.74 Å². The lowest BCUT2D eigenvalue weighted by Gasteiger charge is -2.10. The molecule has 1 heterocycles. The van der Waals surface area contributed by atoms with Crippen molar-refractivity contribution in [3.05, 3.63) is 12.2 Å². The van der Waals surface area contributed by atoms with Crippen molar-refractivity contribution in [1.82, 2.24) is 10.6 Å². The lowest BCUT2D eigenvalue weighted by Crippen LogP contribution is -2.42. The van der Waals surface area contributed by atoms with Gasteiger partial charge in [-0.1, -0.05) is 0 Å². The number of amides is 2. The molecule has 110 valence electrons. The molecule has 0 aromatic carbocycles. The van der Waals surface area contributed by atoms with E-state index in [2.05, 4.69) is 15.4 Å². The fourth-order valence-electron chi connectivity index (χ4n) is 1.51. The second-order valence-corrected chi connectivity index (χ2v) is 3.97. The quantitative estimate of drug-likeness (QED) is 0.354. The number of hydrogen-bond acceptors (Lipinski definition) is 6. The van der Waals surface area contributed by atoms with Crippen molar-refractivity contribution in [1.29, 1.82) is 0 Å². The minimum atomic E-state index is -0.709. The van der Waals surface area contributed by atoms with Crippen LogP contribution in [-0.4, -0.2) is 50.1 Å². The van der Waals surface area contributed by atoms with E-state index in [1.54, 1.807) is 0 Å². The molecule has 1 fully saturated rings. The van der Waals surface area contributed by atoms with E-state index >= 15 is 0 Å². The van der Waals surface area contributed by atoms with Crippen LogP contribution in [0.3, 0.4) is 0 Å². The van der Waals surface area contributed by atoms with Crippen LogP contribution in [0.15, 0.2) is 12.2 Å². The van der Waals surface area contributed by atoms with E-state index in [1.807, 2.05) is 0 Å². The molecule has 1 aliphatic heterocycles. The average Bonchev–Trinajstić information content (AvgIpc) is 2.87. The third-order valence-electron chi connectivity index (χ3n) is 2.51. The summed E-state index contributed by atoms with van der Waals surface area (Å²) < 4.78 is 9.03. The van der Waals surface area contributed by atoms with Gasteiger partial charge in [0.2, 0.25) is 11.8 Å². The number of nitrogens with one attached hydrogen (secondary N) is 2. The summed E-state index contributed by atoms with van der Waals surface area (Å²) in [5.74, 6) is -1.83. The molecule has 2 amide bonds. The van der Waals surface area contributed by atoms with Gasteiger partial charge < -0.3 is 20.1 Å². The zero-order valence-corrected chi connectivity index (χ0v) is 11.0. The van der Waals surface area contributed by atoms with Crippen LogP contribution in [-0.2, 0) is 28.7 Å². The number of ether oxygens (including phenoxy) is 2. The van der Waals surface area contributed by atoms with Gasteiger partial charge in [0.05, 0.1) is 13.7 Å². The Morgan fingerprint density at radius 3 is 2.65 bits per heavy atom. The molecule has 0 saturated carbocycles. The van der Waals surface area contributed by atoms with Crippen molar-refractivity contribution in [2.24, 2.45) is 0 Å². The van der Waals surface area contributed by atoms with E-state index in [0.29, 0.717) is 12.8 Å². The molecular weight excluding hydrogens is 268 g/mol. The predicted octanol–water partition coefficient (Wildman–Crippen LogP) is -1.35. The minimum Gasteiger partial charge on any atom is -0.466 e. The molecule has 1 unspecified atom stereocenters. The predicted molar refractivity (Wildman–Crippen MR) is 66.3 cm³/mol. The molecule has 0 radical (unpaired) electrons. The summed E-state index contributed by atoms with van der Waals surface area (Å²) in [6, 6.07) is -0.516. The number of hydrogen-bond donors (Lipinski definition) is 2. The number of carbonyl (C=O) groups excluding carboxylic acids is 4. The Hall–Kier alpha value is -2.38. The molecule has 1 rings (SSSR count). The molecule has 1 aliphatic rings. The Labute approximate surface area is 115 Å². The van der Waals surface area contributed by atoms with Gasteiger partial charge in [0, 0.05) is 18.6 Å². The van der Waals surface area contributed by atoms with Crippen LogP contribution >= 0.6 is 0 Å². The van der Waals surface area contributed by atoms with E-state index in [1.165, 1.54) is 7.11 Å². The first-order valence-corrected chi connectivity index (χ1v) is 6.03. The zero-order valence-electron chi connectivity index (χ0n) is 11.0. The van der Waals surface area contributed by atoms with Crippen LogP contribution in [0.5, 0.6) is 0 Å². The van der Waals surface area contributed by atoms with Crippen LogP contribution in [0.25, 0.3) is 0 Å². The third-order valence-corrected chi connectivity index (χ3v) is 2.51. The first-order valence-electron chi connectivity index (χ1n) is 6.03. The lowest BCUT2D eigenvalue weighted by molar-refractivity contribution is -0.139. The first kappa shape index (κ1) is 15.7. The highest BCUT2D eigenvalue weighted by Gasteiger charge is 2.26. The number of carbonyl (C=O) groups is 4. The summed E-state index contributed by atoms with van der Waals surface area (Å²) in [5.41, 5.74) is 0. The van der Waals surface area contributed by atoms with E-state index in [0.717, 1.165) is 12.2 Å². The summed E-state index contributed by atoms with van der Waals surface area (Å²) in [4.78, 5) is 44.3. The number of rotatable bonds is 6. The summed E-state index contributed by atoms with van der Waals surface area (Å²) in [6.07, 6.45) is 2.68. The van der Waals surface area contributed by atoms with Crippen LogP contribution in [0.4, 0.5) is 0 Å². The van der Waals surface area contributed by atoms with Crippen molar-refractivity contribution in [2.75, 3.05) is 20.3 Å². The molecular formula is C12H16N2O6. The molecule has 0 spiro atoms. The van der Waals surface area contributed by atoms with Crippen LogP contribution in [0.2, 0.25) is 0 Å². The zero-order chi connectivity index (χ0) is 15.0. The molecule has 2 N–H and O–H groups in total. The molecule has 1 atom stereocenters. The minimum absolute atomic E-state index is 0.0310. The van der Waals surface area contributed by atoms with Gasteiger partial charge in [0.1, 0.15) is 12.6 Å². The molecule has 0 aliphatic carbocycles. The highest BCUT2D eigenvalue weighted by molar-refractivity contribution is 5.92. The fourth-order valence-corrected chi connectivity index (χ4v) is 1.51. The summed E-state index contributed by atoms with van der Waals surface area (Å²) in [5, 5.41) is 5.05. The van der Waals surface area contributed by atoms with E-state index < -0.39 is 18.0 Å². The summed E-state index contributed by atoms with van der Waals surface area (Å²) in [7, 11) is 1.19. The van der Waals surface area contributed by atoms with E-state index in [9.17, 15) is 19.2 Å². The van der Waals surface area contributed by atoms with Crippen LogP contribution in [0, 0.1) is 0 Å². The Balaban J connectivity index is 2.14. The molecule has 20 heavy (non-hydrogen) atoms. The van der Waals surface area contributed by atoms with Crippen LogP contribution < -0.4 is 10.6 Å². The Bertz CT molecular complexity index is 432. The lowest BCUT2D eigenvalue weighted by atomic mass is 10.2. The van der Waals surface area contributed by atoms with Crippen LogP contribution in [0.1, 0.15) is 12.8 Å². The molecule has 8 heteroatoms. The molecule has 0 aromatic heterocycles. The molecule has 0 aromatic rings. The first-order chi connectivity index (χ1) is 9.52. The smallest absolute Gasteiger partial charge is 0.331 e. The second-order valence-electron chi connectivity index (χ2n) is 3.97. The maximum Gasteiger partial charge on any atom is 0.331 e. The van der Waals surface area contributed by atoms with Gasteiger partial charge in [0.15, 0.2) is 0 Å². The Morgan fingerprint density at radius 1 is 1.35 bits per heavy atom. The standard InChI is InChI=1S/C12H16N2O6/c1-19-10(16)4-5-11(17)20-7-6-13-12(18)8-2-3-9(15)14-8/h4-5,8H,2-3,6-7H2,1H3,(H,13,18)(H,14,15)/b5-4+. The van der Waals surface area contributed by atoms with Gasteiger partial charge in [-0.3, -0.25) is 9.59 Å². The van der Waals surface area contributed by atoms with Gasteiger partial charge in [-0.25, -0.2) is 9.59 Å². The SMILES string of the molecule is COC(=O)/C=C/C(=O)OCCNC(=O)C1CCC(=O)N1. The monoisotopic (exact) mass is 284 g/mol. The van der Waals surface area contributed by atoms with Gasteiger partial charge in [-0.15, -0.1) is 0 Å². The van der Waals surface area contributed by atoms with Crippen molar-refractivity contribution in [3.63, 3.8) is 0 Å². The maximum absolute atomic E-state index is 11.5. The van der Waals surface area contributed by atoms with Crippen molar-refractivity contribution >= 4 is 23.8 Å². The van der Waals surface area contributed by atoms with Crippen molar-refractivity contribution in [2.45, 2.75) is 18.9 Å². The highest BCUT2D eigenvalue weighted by atomic mass is 16.5. The fraction of sp³-hybridized carbons (Fsp3) is 0.500. The van der Waals surface area contributed by atoms with Gasteiger partial charge in [-0.2, -0.15) is 0 Å². The maximum atomic E-state index is 11.5. The van der Waals surface area contributed by atoms with Gasteiger partial charge in [0.25, 0.3) is 0 Å². The normalized spacial score (nSPS) is 17.6. The Morgan fingerprint density at radius 2 is 2.05 bits per heavy atom. The second kappa shape index (κ2) is 7.93. The molecule has 1 saturated heterocycles. The number of esters is 2. The van der Waals surface area contributed by atoms with Crippen molar-refractivity contribution in [3.8, 4) is 0 Å². The largest absolute Gasteiger partial charge is 0.466 e. The molecule has 0 bridgehead atoms. The Kier molecular flexibility index (Phi) is 6.21. The van der Waals surface area contributed by atoms with Crippen molar-refractivity contribution < 1.29 is 28.7 Å². The highest BCUT2D eigenvalue weighted by Crippen LogP contribution is 2.05. The van der Waals surface area contributed by atoms with E-state index in [-0.39, 0.29) is 25.0 Å². The average molecular weight is 284 g/mol. The van der Waals surface area contributed by atoms with Gasteiger partial charge in [-0.05, 0) is 6.42 Å². The third kappa shape index (κ3) is 5.51. The number of methoxy groups -OCH3 is 1. The topological polar surface area (TPSA) is 111 Å². The summed E-state index contributed by atoms with van der Waals surface area (Å²) in [6.45, 7) is 0.0970. The van der Waals surface area contributed by atoms with Gasteiger partial charge >= 0.3 is 11.9 Å². The molecule has 8 nitrogen and oxygen atoms in total. The summed E-state index contributed by atoms with van der Waals surface area (Å²) >= 11 is 0.